The first-order chi connectivity index (χ1) is 15.3. The van der Waals surface area contributed by atoms with E-state index in [0.29, 0.717) is 11.5 Å². The molecule has 0 bridgehead atoms. The Morgan fingerprint density at radius 1 is 1.09 bits per heavy atom. The van der Waals surface area contributed by atoms with Crippen molar-refractivity contribution in [3.05, 3.63) is 70.4 Å². The van der Waals surface area contributed by atoms with Crippen LogP contribution in [0.4, 0.5) is 5.69 Å². The lowest BCUT2D eigenvalue weighted by Gasteiger charge is -2.24. The molecular weight excluding hydrogens is 450 g/mol. The summed E-state index contributed by atoms with van der Waals surface area (Å²) in [6, 6.07) is 14.8. The summed E-state index contributed by atoms with van der Waals surface area (Å²) in [5, 5.41) is 5.79. The predicted octanol–water partition coefficient (Wildman–Crippen LogP) is 3.42. The number of sulfonamides is 1. The number of nitrogens with zero attached hydrogens (tertiary/aromatic N) is 2. The summed E-state index contributed by atoms with van der Waals surface area (Å²) in [6.07, 6.45) is 1.50. The molecule has 0 radical (unpaired) electrons. The second kappa shape index (κ2) is 10.3. The number of rotatable bonds is 9. The van der Waals surface area contributed by atoms with Crippen molar-refractivity contribution >= 4 is 39.2 Å². The summed E-state index contributed by atoms with van der Waals surface area (Å²) < 4.78 is 38.4. The number of ether oxygens (including phenoxy) is 2. The topological polar surface area (TPSA) is 97.3 Å². The van der Waals surface area contributed by atoms with E-state index >= 15 is 0 Å². The Kier molecular flexibility index (Phi) is 7.49. The zero-order valence-electron chi connectivity index (χ0n) is 17.8. The monoisotopic (exact) mass is 473 g/mol. The smallest absolute Gasteiger partial charge is 0.264 e. The van der Waals surface area contributed by atoms with Crippen molar-refractivity contribution in [3.63, 3.8) is 0 Å². The van der Waals surface area contributed by atoms with Crippen molar-refractivity contribution in [2.75, 3.05) is 25.1 Å². The summed E-state index contributed by atoms with van der Waals surface area (Å²) >= 11 is 1.46. The van der Waals surface area contributed by atoms with Crippen LogP contribution in [0.2, 0.25) is 0 Å². The van der Waals surface area contributed by atoms with E-state index in [-0.39, 0.29) is 10.6 Å². The first-order valence-electron chi connectivity index (χ1n) is 9.52. The second-order valence-corrected chi connectivity index (χ2v) is 9.51. The molecule has 0 atom stereocenters. The zero-order chi connectivity index (χ0) is 23.1. The highest BCUT2D eigenvalue weighted by Gasteiger charge is 2.28. The lowest BCUT2D eigenvalue weighted by atomic mass is 10.2. The SMILES string of the molecule is COc1ccc(N(CC(=O)N/N=C/c2cccs2)S(=O)(=O)c2ccc(C)cc2)cc1OC. The lowest BCUT2D eigenvalue weighted by molar-refractivity contribution is -0.119. The number of thiophene rings is 1. The van der Waals surface area contributed by atoms with Crippen LogP contribution < -0.4 is 19.2 Å². The molecule has 1 amide bonds. The van der Waals surface area contributed by atoms with Crippen molar-refractivity contribution in [1.82, 2.24) is 5.43 Å². The average molecular weight is 474 g/mol. The first-order valence-corrected chi connectivity index (χ1v) is 11.8. The molecule has 0 saturated heterocycles. The van der Waals surface area contributed by atoms with Crippen LogP contribution in [0.1, 0.15) is 10.4 Å². The lowest BCUT2D eigenvalue weighted by Crippen LogP contribution is -2.39. The number of hydrogen-bond donors (Lipinski definition) is 1. The molecule has 3 aromatic rings. The summed E-state index contributed by atoms with van der Waals surface area (Å²) in [7, 11) is -1.12. The Morgan fingerprint density at radius 2 is 1.81 bits per heavy atom. The van der Waals surface area contributed by atoms with Crippen molar-refractivity contribution < 1.29 is 22.7 Å². The van der Waals surface area contributed by atoms with Gasteiger partial charge in [0.25, 0.3) is 15.9 Å². The van der Waals surface area contributed by atoms with Gasteiger partial charge in [-0.05, 0) is 42.6 Å². The minimum Gasteiger partial charge on any atom is -0.493 e. The Bertz CT molecular complexity index is 1190. The van der Waals surface area contributed by atoms with Gasteiger partial charge in [-0.3, -0.25) is 9.10 Å². The van der Waals surface area contributed by atoms with E-state index in [9.17, 15) is 13.2 Å². The van der Waals surface area contributed by atoms with E-state index in [4.69, 9.17) is 9.47 Å². The zero-order valence-corrected chi connectivity index (χ0v) is 19.4. The van der Waals surface area contributed by atoms with Gasteiger partial charge < -0.3 is 9.47 Å². The number of nitrogens with one attached hydrogen (secondary N) is 1. The molecule has 1 aromatic heterocycles. The summed E-state index contributed by atoms with van der Waals surface area (Å²) in [5.74, 6) is 0.183. The highest BCUT2D eigenvalue weighted by atomic mass is 32.2. The molecule has 0 unspecified atom stereocenters. The van der Waals surface area contributed by atoms with Crippen molar-refractivity contribution in [2.45, 2.75) is 11.8 Å². The van der Waals surface area contributed by atoms with Crippen LogP contribution in [-0.4, -0.2) is 41.3 Å². The minimum absolute atomic E-state index is 0.0628. The van der Waals surface area contributed by atoms with Gasteiger partial charge in [-0.2, -0.15) is 5.10 Å². The Morgan fingerprint density at radius 3 is 2.44 bits per heavy atom. The van der Waals surface area contributed by atoms with Gasteiger partial charge in [0, 0.05) is 10.9 Å². The molecule has 0 aliphatic carbocycles. The standard InChI is InChI=1S/C22H23N3O5S2/c1-16-6-9-19(10-7-16)32(27,28)25(17-8-11-20(29-2)21(13-17)30-3)15-22(26)24-23-14-18-5-4-12-31-18/h4-14H,15H2,1-3H3,(H,24,26)/b23-14+. The quantitative estimate of drug-likeness (QED) is 0.379. The summed E-state index contributed by atoms with van der Waals surface area (Å²) in [5.41, 5.74) is 3.55. The molecular formula is C22H23N3O5S2. The molecule has 0 fully saturated rings. The number of amides is 1. The molecule has 32 heavy (non-hydrogen) atoms. The minimum atomic E-state index is -4.05. The van der Waals surface area contributed by atoms with Gasteiger partial charge in [-0.15, -0.1) is 11.3 Å². The van der Waals surface area contributed by atoms with E-state index in [1.807, 2.05) is 24.4 Å². The molecule has 0 saturated carbocycles. The largest absolute Gasteiger partial charge is 0.493 e. The van der Waals surface area contributed by atoms with Gasteiger partial charge in [-0.25, -0.2) is 13.8 Å². The van der Waals surface area contributed by atoms with Crippen LogP contribution in [0.3, 0.4) is 0 Å². The normalized spacial score (nSPS) is 11.3. The fourth-order valence-corrected chi connectivity index (χ4v) is 4.83. The van der Waals surface area contributed by atoms with Gasteiger partial charge in [0.2, 0.25) is 0 Å². The van der Waals surface area contributed by atoms with Crippen molar-refractivity contribution in [1.29, 1.82) is 0 Å². The third-order valence-corrected chi connectivity index (χ3v) is 7.07. The van der Waals surface area contributed by atoms with E-state index < -0.39 is 22.5 Å². The highest BCUT2D eigenvalue weighted by molar-refractivity contribution is 7.92. The Labute approximate surface area is 191 Å². The van der Waals surface area contributed by atoms with Crippen LogP contribution >= 0.6 is 11.3 Å². The van der Waals surface area contributed by atoms with Crippen LogP contribution in [0, 0.1) is 6.92 Å². The number of hydrogen-bond acceptors (Lipinski definition) is 7. The number of anilines is 1. The van der Waals surface area contributed by atoms with E-state index in [1.165, 1.54) is 50.0 Å². The fraction of sp³-hybridized carbons (Fsp3) is 0.182. The molecule has 0 aliphatic heterocycles. The molecule has 2 aromatic carbocycles. The molecule has 10 heteroatoms. The molecule has 1 N–H and O–H groups in total. The highest BCUT2D eigenvalue weighted by Crippen LogP contribution is 2.33. The third kappa shape index (κ3) is 5.45. The van der Waals surface area contributed by atoms with Crippen LogP contribution in [0.5, 0.6) is 11.5 Å². The molecule has 1 heterocycles. The molecule has 168 valence electrons. The van der Waals surface area contributed by atoms with Crippen molar-refractivity contribution in [3.8, 4) is 11.5 Å². The number of aryl methyl sites for hydroxylation is 1. The maximum absolute atomic E-state index is 13.4. The number of carbonyl (C=O) groups excluding carboxylic acids is 1. The van der Waals surface area contributed by atoms with Gasteiger partial charge in [-0.1, -0.05) is 23.8 Å². The number of hydrazone groups is 1. The number of benzene rings is 2. The fourth-order valence-electron chi connectivity index (χ4n) is 2.83. The van der Waals surface area contributed by atoms with E-state index in [1.54, 1.807) is 24.3 Å². The summed E-state index contributed by atoms with van der Waals surface area (Å²) in [4.78, 5) is 13.5. The maximum Gasteiger partial charge on any atom is 0.264 e. The van der Waals surface area contributed by atoms with Gasteiger partial charge in [0.15, 0.2) is 11.5 Å². The van der Waals surface area contributed by atoms with Gasteiger partial charge in [0.05, 0.1) is 31.0 Å². The predicted molar refractivity (Wildman–Crippen MR) is 125 cm³/mol. The first kappa shape index (κ1) is 23.3. The summed E-state index contributed by atoms with van der Waals surface area (Å²) in [6.45, 7) is 1.38. The third-order valence-electron chi connectivity index (χ3n) is 4.48. The Balaban J connectivity index is 1.93. The second-order valence-electron chi connectivity index (χ2n) is 6.67. The molecule has 3 rings (SSSR count). The van der Waals surface area contributed by atoms with Crippen molar-refractivity contribution in [2.24, 2.45) is 5.10 Å². The van der Waals surface area contributed by atoms with Crippen LogP contribution in [-0.2, 0) is 14.8 Å². The van der Waals surface area contributed by atoms with E-state index in [0.717, 1.165) is 14.7 Å². The number of carbonyl (C=O) groups is 1. The number of methoxy groups -OCH3 is 2. The average Bonchev–Trinajstić information content (AvgIpc) is 3.30. The maximum atomic E-state index is 13.4. The molecule has 0 aliphatic rings. The van der Waals surface area contributed by atoms with Gasteiger partial charge in [0.1, 0.15) is 6.54 Å². The van der Waals surface area contributed by atoms with Crippen LogP contribution in [0.15, 0.2) is 70.0 Å². The molecule has 0 spiro atoms. The molecule has 8 nitrogen and oxygen atoms in total. The Hall–Kier alpha value is -3.37. The van der Waals surface area contributed by atoms with Crippen LogP contribution in [0.25, 0.3) is 0 Å². The van der Waals surface area contributed by atoms with E-state index in [2.05, 4.69) is 10.5 Å². The van der Waals surface area contributed by atoms with Gasteiger partial charge >= 0.3 is 0 Å².